The second kappa shape index (κ2) is 5.77. The minimum Gasteiger partial charge on any atom is -0.496 e. The molecule has 1 N–H and O–H groups in total. The van der Waals surface area contributed by atoms with E-state index in [1.807, 2.05) is 26.0 Å². The minimum absolute atomic E-state index is 0.266. The number of sulfonamides is 1. The van der Waals surface area contributed by atoms with Gasteiger partial charge >= 0.3 is 0 Å². The highest BCUT2D eigenvalue weighted by Crippen LogP contribution is 2.27. The van der Waals surface area contributed by atoms with E-state index in [-0.39, 0.29) is 4.90 Å². The van der Waals surface area contributed by atoms with E-state index in [4.69, 9.17) is 4.74 Å². The molecule has 0 radical (unpaired) electrons. The fourth-order valence-corrected chi connectivity index (χ4v) is 3.55. The summed E-state index contributed by atoms with van der Waals surface area (Å²) < 4.78 is 32.9. The zero-order chi connectivity index (χ0) is 15.6. The summed E-state index contributed by atoms with van der Waals surface area (Å²) in [6, 6.07) is 10.6. The quantitative estimate of drug-likeness (QED) is 0.941. The van der Waals surface area contributed by atoms with Crippen LogP contribution in [0.2, 0.25) is 0 Å². The number of methoxy groups -OCH3 is 1. The van der Waals surface area contributed by atoms with Crippen LogP contribution in [0.15, 0.2) is 41.3 Å². The van der Waals surface area contributed by atoms with Gasteiger partial charge in [0.2, 0.25) is 0 Å². The Morgan fingerprint density at radius 3 is 2.33 bits per heavy atom. The van der Waals surface area contributed by atoms with E-state index >= 15 is 0 Å². The van der Waals surface area contributed by atoms with Crippen molar-refractivity contribution in [3.8, 4) is 5.75 Å². The SMILES string of the molecule is COc1cc(C)c(S(=O)(=O)Nc2cccc(C)c2)cc1C. The summed E-state index contributed by atoms with van der Waals surface area (Å²) in [5.74, 6) is 0.682. The van der Waals surface area contributed by atoms with Crippen LogP contribution in [0.5, 0.6) is 5.75 Å². The third-order valence-corrected chi connectivity index (χ3v) is 4.78. The molecule has 0 spiro atoms. The van der Waals surface area contributed by atoms with Gasteiger partial charge in [0.05, 0.1) is 12.0 Å². The van der Waals surface area contributed by atoms with Crippen LogP contribution in [0.3, 0.4) is 0 Å². The van der Waals surface area contributed by atoms with E-state index in [0.29, 0.717) is 17.0 Å². The summed E-state index contributed by atoms with van der Waals surface area (Å²) in [6.45, 7) is 5.50. The molecule has 0 aliphatic carbocycles. The van der Waals surface area contributed by atoms with Crippen molar-refractivity contribution in [2.24, 2.45) is 0 Å². The lowest BCUT2D eigenvalue weighted by molar-refractivity contribution is 0.411. The van der Waals surface area contributed by atoms with Crippen LogP contribution >= 0.6 is 0 Å². The maximum absolute atomic E-state index is 12.5. The van der Waals surface area contributed by atoms with Gasteiger partial charge in [0, 0.05) is 5.69 Å². The molecule has 0 bridgehead atoms. The predicted octanol–water partition coefficient (Wildman–Crippen LogP) is 3.42. The highest BCUT2D eigenvalue weighted by Gasteiger charge is 2.19. The van der Waals surface area contributed by atoms with Gasteiger partial charge in [0.1, 0.15) is 5.75 Å². The Kier molecular flexibility index (Phi) is 4.23. The Bertz CT molecular complexity index is 767. The molecule has 0 aromatic heterocycles. The van der Waals surface area contributed by atoms with Crippen LogP contribution in [-0.4, -0.2) is 15.5 Å². The number of nitrogens with one attached hydrogen (secondary N) is 1. The number of hydrogen-bond donors (Lipinski definition) is 1. The Balaban J connectivity index is 2.42. The number of rotatable bonds is 4. The topological polar surface area (TPSA) is 55.4 Å². The van der Waals surface area contributed by atoms with Crippen molar-refractivity contribution < 1.29 is 13.2 Å². The Morgan fingerprint density at radius 2 is 1.71 bits per heavy atom. The number of aryl methyl sites for hydroxylation is 3. The first kappa shape index (κ1) is 15.4. The summed E-state index contributed by atoms with van der Waals surface area (Å²) in [5.41, 5.74) is 2.99. The molecular weight excluding hydrogens is 286 g/mol. The maximum atomic E-state index is 12.5. The molecule has 2 aromatic rings. The molecule has 2 aromatic carbocycles. The number of hydrogen-bond acceptors (Lipinski definition) is 3. The highest BCUT2D eigenvalue weighted by atomic mass is 32.2. The molecule has 0 unspecified atom stereocenters. The van der Waals surface area contributed by atoms with E-state index in [1.165, 1.54) is 0 Å². The highest BCUT2D eigenvalue weighted by molar-refractivity contribution is 7.92. The normalized spacial score (nSPS) is 11.2. The minimum atomic E-state index is -3.61. The number of ether oxygens (including phenoxy) is 1. The molecule has 5 heteroatoms. The van der Waals surface area contributed by atoms with Gasteiger partial charge < -0.3 is 4.74 Å². The number of anilines is 1. The summed E-state index contributed by atoms with van der Waals surface area (Å²) in [5, 5.41) is 0. The molecule has 0 saturated heterocycles. The van der Waals surface area contributed by atoms with E-state index < -0.39 is 10.0 Å². The Hall–Kier alpha value is -2.01. The van der Waals surface area contributed by atoms with Crippen LogP contribution in [0, 0.1) is 20.8 Å². The van der Waals surface area contributed by atoms with Gasteiger partial charge in [-0.2, -0.15) is 0 Å². The molecule has 0 aliphatic rings. The summed E-state index contributed by atoms with van der Waals surface area (Å²) >= 11 is 0. The Labute approximate surface area is 125 Å². The van der Waals surface area contributed by atoms with Crippen LogP contribution in [0.1, 0.15) is 16.7 Å². The van der Waals surface area contributed by atoms with Crippen LogP contribution in [0.25, 0.3) is 0 Å². The second-order valence-corrected chi connectivity index (χ2v) is 6.71. The smallest absolute Gasteiger partial charge is 0.262 e. The molecule has 0 heterocycles. The van der Waals surface area contributed by atoms with Crippen molar-refractivity contribution >= 4 is 15.7 Å². The standard InChI is InChI=1S/C16H19NO3S/c1-11-6-5-7-14(8-11)17-21(18,19)16-10-12(2)15(20-4)9-13(16)3/h5-10,17H,1-4H3. The molecule has 4 nitrogen and oxygen atoms in total. The van der Waals surface area contributed by atoms with E-state index in [1.54, 1.807) is 38.3 Å². The predicted molar refractivity (Wildman–Crippen MR) is 84.5 cm³/mol. The molecular formula is C16H19NO3S. The lowest BCUT2D eigenvalue weighted by Crippen LogP contribution is -2.14. The summed E-state index contributed by atoms with van der Waals surface area (Å²) in [7, 11) is -2.04. The largest absolute Gasteiger partial charge is 0.496 e. The lowest BCUT2D eigenvalue weighted by atomic mass is 10.1. The van der Waals surface area contributed by atoms with Gasteiger partial charge in [-0.05, 0) is 61.7 Å². The first-order chi connectivity index (χ1) is 9.83. The zero-order valence-corrected chi connectivity index (χ0v) is 13.4. The first-order valence-electron chi connectivity index (χ1n) is 6.58. The zero-order valence-electron chi connectivity index (χ0n) is 12.6. The molecule has 0 saturated carbocycles. The second-order valence-electron chi connectivity index (χ2n) is 5.06. The molecule has 0 amide bonds. The third-order valence-electron chi connectivity index (χ3n) is 3.25. The van der Waals surface area contributed by atoms with Gasteiger partial charge in [-0.3, -0.25) is 4.72 Å². The van der Waals surface area contributed by atoms with Crippen molar-refractivity contribution in [2.75, 3.05) is 11.8 Å². The summed E-state index contributed by atoms with van der Waals surface area (Å²) in [4.78, 5) is 0.266. The van der Waals surface area contributed by atoms with E-state index in [2.05, 4.69) is 4.72 Å². The van der Waals surface area contributed by atoms with Gasteiger partial charge in [-0.15, -0.1) is 0 Å². The van der Waals surface area contributed by atoms with Gasteiger partial charge in [-0.25, -0.2) is 8.42 Å². The van der Waals surface area contributed by atoms with Gasteiger partial charge in [0.15, 0.2) is 0 Å². The van der Waals surface area contributed by atoms with Crippen LogP contribution in [-0.2, 0) is 10.0 Å². The maximum Gasteiger partial charge on any atom is 0.262 e. The molecule has 0 aliphatic heterocycles. The van der Waals surface area contributed by atoms with Crippen molar-refractivity contribution in [2.45, 2.75) is 25.7 Å². The van der Waals surface area contributed by atoms with E-state index in [0.717, 1.165) is 11.1 Å². The molecule has 0 atom stereocenters. The van der Waals surface area contributed by atoms with Crippen molar-refractivity contribution in [1.29, 1.82) is 0 Å². The van der Waals surface area contributed by atoms with E-state index in [9.17, 15) is 8.42 Å². The Morgan fingerprint density at radius 1 is 1.00 bits per heavy atom. The average Bonchev–Trinajstić information content (AvgIpc) is 2.40. The summed E-state index contributed by atoms with van der Waals surface area (Å²) in [6.07, 6.45) is 0. The molecule has 0 fully saturated rings. The van der Waals surface area contributed by atoms with Crippen LogP contribution < -0.4 is 9.46 Å². The van der Waals surface area contributed by atoms with Crippen molar-refractivity contribution in [3.63, 3.8) is 0 Å². The van der Waals surface area contributed by atoms with Crippen molar-refractivity contribution in [1.82, 2.24) is 0 Å². The molecule has 21 heavy (non-hydrogen) atoms. The number of benzene rings is 2. The van der Waals surface area contributed by atoms with Gasteiger partial charge in [0.25, 0.3) is 10.0 Å². The molecule has 2 rings (SSSR count). The fourth-order valence-electron chi connectivity index (χ4n) is 2.19. The first-order valence-corrected chi connectivity index (χ1v) is 8.06. The van der Waals surface area contributed by atoms with Crippen LogP contribution in [0.4, 0.5) is 5.69 Å². The fraction of sp³-hybridized carbons (Fsp3) is 0.250. The third kappa shape index (κ3) is 3.36. The van der Waals surface area contributed by atoms with Gasteiger partial charge in [-0.1, -0.05) is 12.1 Å². The average molecular weight is 305 g/mol. The van der Waals surface area contributed by atoms with Crippen molar-refractivity contribution in [3.05, 3.63) is 53.1 Å². The lowest BCUT2D eigenvalue weighted by Gasteiger charge is -2.13. The molecule has 112 valence electrons. The monoisotopic (exact) mass is 305 g/mol.